The number of hydrogen-bond donors (Lipinski definition) is 2. The summed E-state index contributed by atoms with van der Waals surface area (Å²) in [6.07, 6.45) is 11.8. The molecule has 1 aliphatic heterocycles. The van der Waals surface area contributed by atoms with Crippen LogP contribution in [-0.4, -0.2) is 64.0 Å². The normalized spacial score (nSPS) is 17.7. The molecule has 2 N–H and O–H groups in total. The molecule has 2 unspecified atom stereocenters. The molecule has 9 nitrogen and oxygen atoms in total. The number of ether oxygens (including phenoxy) is 2. The highest BCUT2D eigenvalue weighted by atomic mass is 19.1. The number of nitrogens with zero attached hydrogens (tertiary/aromatic N) is 4. The van der Waals surface area contributed by atoms with Crippen molar-refractivity contribution in [3.63, 3.8) is 0 Å². The summed E-state index contributed by atoms with van der Waals surface area (Å²) in [6, 6.07) is 5.46. The van der Waals surface area contributed by atoms with Crippen LogP contribution in [0.1, 0.15) is 44.1 Å². The zero-order valence-electron chi connectivity index (χ0n) is 24.1. The van der Waals surface area contributed by atoms with Gasteiger partial charge in [-0.1, -0.05) is 12.0 Å². The van der Waals surface area contributed by atoms with Crippen molar-refractivity contribution in [2.45, 2.75) is 38.5 Å². The molecule has 6 rings (SSSR count). The van der Waals surface area contributed by atoms with Crippen LogP contribution in [-0.2, 0) is 9.53 Å². The molecule has 2 aromatic carbocycles. The predicted octanol–water partition coefficient (Wildman–Crippen LogP) is 5.70. The number of carboxylic acid groups (broad SMARTS) is 1. The van der Waals surface area contributed by atoms with Crippen molar-refractivity contribution in [3.05, 3.63) is 47.7 Å². The van der Waals surface area contributed by atoms with E-state index in [1.165, 1.54) is 36.9 Å². The molecule has 228 valence electrons. The fraction of sp³-hybridized carbons (Fsp3) is 0.394. The molecule has 2 aliphatic rings. The van der Waals surface area contributed by atoms with Gasteiger partial charge in [0.15, 0.2) is 5.82 Å². The molecular formula is C33H32F2N4O5. The standard InChI is InChI=1S/C33H32F2N4O5/c1-2-23-26(34)8-7-21-14-22(40)15-24(28(21)23)30-29(35)31-25(16-36-30)32(39-17-19-5-6-20(13-19)18-39)38-33(37-31)44-11-4-3-10-43-12-9-27(41)42/h1,7-8,14-16,19-20,40H,3-6,9-13,17-18H2,(H,41,42). The van der Waals surface area contributed by atoms with Gasteiger partial charge in [-0.2, -0.15) is 9.97 Å². The highest BCUT2D eigenvalue weighted by molar-refractivity contribution is 6.03. The zero-order chi connectivity index (χ0) is 30.8. The van der Waals surface area contributed by atoms with Crippen LogP contribution in [0.3, 0.4) is 0 Å². The molecule has 44 heavy (non-hydrogen) atoms. The third kappa shape index (κ3) is 5.95. The predicted molar refractivity (Wildman–Crippen MR) is 161 cm³/mol. The van der Waals surface area contributed by atoms with Gasteiger partial charge in [0.25, 0.3) is 0 Å². The van der Waals surface area contributed by atoms with Gasteiger partial charge in [0.2, 0.25) is 0 Å². The summed E-state index contributed by atoms with van der Waals surface area (Å²) in [6.45, 7) is 2.37. The van der Waals surface area contributed by atoms with Crippen LogP contribution in [0.5, 0.6) is 11.8 Å². The van der Waals surface area contributed by atoms with Gasteiger partial charge in [0.05, 0.1) is 30.6 Å². The number of carboxylic acids is 1. The maximum absolute atomic E-state index is 16.5. The fourth-order valence-electron chi connectivity index (χ4n) is 6.38. The van der Waals surface area contributed by atoms with Crippen LogP contribution in [0.15, 0.2) is 30.5 Å². The summed E-state index contributed by atoms with van der Waals surface area (Å²) < 4.78 is 42.5. The lowest BCUT2D eigenvalue weighted by Gasteiger charge is -2.33. The molecule has 0 amide bonds. The minimum atomic E-state index is -0.911. The molecule has 11 heteroatoms. The summed E-state index contributed by atoms with van der Waals surface area (Å²) in [5.41, 5.74) is -0.0382. The van der Waals surface area contributed by atoms with Crippen molar-refractivity contribution < 1.29 is 33.3 Å². The van der Waals surface area contributed by atoms with E-state index in [1.54, 1.807) is 0 Å². The van der Waals surface area contributed by atoms with Crippen LogP contribution in [0.25, 0.3) is 32.9 Å². The second kappa shape index (κ2) is 12.6. The van der Waals surface area contributed by atoms with E-state index in [4.69, 9.17) is 26.0 Å². The van der Waals surface area contributed by atoms with Gasteiger partial charge in [-0.25, -0.2) is 8.78 Å². The summed E-state index contributed by atoms with van der Waals surface area (Å²) in [4.78, 5) is 26.4. The van der Waals surface area contributed by atoms with Crippen LogP contribution in [0.2, 0.25) is 0 Å². The van der Waals surface area contributed by atoms with Crippen LogP contribution >= 0.6 is 0 Å². The number of anilines is 1. The number of halogens is 2. The Labute approximate surface area is 252 Å². The first-order chi connectivity index (χ1) is 21.3. The number of carbonyl (C=O) groups is 1. The second-order valence-electron chi connectivity index (χ2n) is 11.4. The smallest absolute Gasteiger partial charge is 0.319 e. The number of terminal acetylenes is 1. The number of unbranched alkanes of at least 4 members (excludes halogenated alkanes) is 1. The number of pyridine rings is 1. The van der Waals surface area contributed by atoms with Gasteiger partial charge in [-0.15, -0.1) is 6.42 Å². The van der Waals surface area contributed by atoms with Crippen LogP contribution in [0.4, 0.5) is 14.6 Å². The number of aromatic hydroxyl groups is 1. The highest BCUT2D eigenvalue weighted by Gasteiger charge is 2.35. The van der Waals surface area contributed by atoms with Gasteiger partial charge in [-0.3, -0.25) is 9.78 Å². The first-order valence-electron chi connectivity index (χ1n) is 14.8. The Morgan fingerprint density at radius 3 is 2.61 bits per heavy atom. The summed E-state index contributed by atoms with van der Waals surface area (Å²) in [5.74, 6) is 1.52. The van der Waals surface area contributed by atoms with Crippen molar-refractivity contribution in [1.82, 2.24) is 15.0 Å². The van der Waals surface area contributed by atoms with Crippen molar-refractivity contribution in [2.75, 3.05) is 37.8 Å². The van der Waals surface area contributed by atoms with Crippen molar-refractivity contribution in [1.29, 1.82) is 0 Å². The van der Waals surface area contributed by atoms with Crippen molar-refractivity contribution >= 4 is 33.5 Å². The number of benzene rings is 2. The molecule has 1 saturated heterocycles. The lowest BCUT2D eigenvalue weighted by molar-refractivity contribution is -0.138. The van der Waals surface area contributed by atoms with E-state index >= 15 is 4.39 Å². The average molecular weight is 603 g/mol. The van der Waals surface area contributed by atoms with Gasteiger partial charge < -0.3 is 24.6 Å². The minimum absolute atomic E-state index is 0.0000722. The highest BCUT2D eigenvalue weighted by Crippen LogP contribution is 2.41. The molecular weight excluding hydrogens is 570 g/mol. The topological polar surface area (TPSA) is 118 Å². The Bertz CT molecular complexity index is 1760. The van der Waals surface area contributed by atoms with E-state index in [2.05, 4.69) is 20.8 Å². The second-order valence-corrected chi connectivity index (χ2v) is 11.4. The van der Waals surface area contributed by atoms with E-state index in [1.807, 2.05) is 0 Å². The SMILES string of the molecule is C#Cc1c(F)ccc2cc(O)cc(-c3ncc4c(N5CC6CCC(C6)C5)nc(OCCCCOCCC(=O)O)nc4c3F)c12. The van der Waals surface area contributed by atoms with E-state index in [0.29, 0.717) is 47.9 Å². The monoisotopic (exact) mass is 602 g/mol. The van der Waals surface area contributed by atoms with Gasteiger partial charge >= 0.3 is 12.0 Å². The molecule has 0 radical (unpaired) electrons. The largest absolute Gasteiger partial charge is 0.508 e. The molecule has 1 saturated carbocycles. The van der Waals surface area contributed by atoms with E-state index in [-0.39, 0.29) is 59.1 Å². The fourth-order valence-corrected chi connectivity index (χ4v) is 6.38. The number of phenols is 1. The van der Waals surface area contributed by atoms with Gasteiger partial charge in [-0.05, 0) is 67.5 Å². The summed E-state index contributed by atoms with van der Waals surface area (Å²) in [5, 5.41) is 20.3. The number of aliphatic carboxylic acids is 1. The number of hydrogen-bond acceptors (Lipinski definition) is 8. The lowest BCUT2D eigenvalue weighted by atomic mass is 9.95. The van der Waals surface area contributed by atoms with E-state index in [0.717, 1.165) is 25.9 Å². The molecule has 2 aromatic heterocycles. The van der Waals surface area contributed by atoms with Gasteiger partial charge in [0.1, 0.15) is 28.6 Å². The lowest BCUT2D eigenvalue weighted by Crippen LogP contribution is -2.37. The number of piperidine rings is 1. The van der Waals surface area contributed by atoms with E-state index in [9.17, 15) is 14.3 Å². The molecule has 3 heterocycles. The first-order valence-corrected chi connectivity index (χ1v) is 14.8. The Morgan fingerprint density at radius 2 is 1.86 bits per heavy atom. The molecule has 0 spiro atoms. The molecule has 2 atom stereocenters. The minimum Gasteiger partial charge on any atom is -0.508 e. The number of rotatable bonds is 11. The summed E-state index contributed by atoms with van der Waals surface area (Å²) in [7, 11) is 0. The number of phenolic OH excluding ortho intramolecular Hbond substituents is 1. The Hall–Kier alpha value is -4.56. The van der Waals surface area contributed by atoms with Crippen LogP contribution < -0.4 is 9.64 Å². The molecule has 4 aromatic rings. The Morgan fingerprint density at radius 1 is 1.09 bits per heavy atom. The number of aromatic nitrogens is 3. The van der Waals surface area contributed by atoms with Gasteiger partial charge in [0, 0.05) is 36.8 Å². The Kier molecular flexibility index (Phi) is 8.44. The molecule has 2 fully saturated rings. The third-order valence-corrected chi connectivity index (χ3v) is 8.38. The average Bonchev–Trinajstić information content (AvgIpc) is 3.35. The maximum atomic E-state index is 16.5. The van der Waals surface area contributed by atoms with Crippen LogP contribution in [0, 0.1) is 35.8 Å². The number of fused-ring (bicyclic) bond motifs is 4. The van der Waals surface area contributed by atoms with Crippen molar-refractivity contribution in [3.8, 4) is 35.4 Å². The maximum Gasteiger partial charge on any atom is 0.319 e. The molecule has 2 bridgehead atoms. The first kappa shape index (κ1) is 29.5. The van der Waals surface area contributed by atoms with Crippen molar-refractivity contribution in [2.24, 2.45) is 11.8 Å². The third-order valence-electron chi connectivity index (χ3n) is 8.38. The quantitative estimate of drug-likeness (QED) is 0.165. The zero-order valence-corrected chi connectivity index (χ0v) is 24.1. The van der Waals surface area contributed by atoms with E-state index < -0.39 is 17.6 Å². The summed E-state index contributed by atoms with van der Waals surface area (Å²) >= 11 is 0. The molecule has 1 aliphatic carbocycles. The Balaban J connectivity index is 1.37.